The second kappa shape index (κ2) is 8.25. The molecule has 2 aliphatic rings. The van der Waals surface area contributed by atoms with E-state index in [0.717, 1.165) is 22.6 Å². The van der Waals surface area contributed by atoms with E-state index in [9.17, 15) is 9.59 Å². The van der Waals surface area contributed by atoms with E-state index in [0.29, 0.717) is 32.7 Å². The quantitative estimate of drug-likeness (QED) is 0.867. The first kappa shape index (κ1) is 19.5. The van der Waals surface area contributed by atoms with Gasteiger partial charge in [0, 0.05) is 43.3 Å². The number of carbonyl (C=O) groups excluding carboxylic acids is 2. The van der Waals surface area contributed by atoms with Crippen molar-refractivity contribution >= 4 is 11.8 Å². The van der Waals surface area contributed by atoms with E-state index < -0.39 is 0 Å². The average Bonchev–Trinajstić information content (AvgIpc) is 2.71. The number of carbonyl (C=O) groups is 2. The van der Waals surface area contributed by atoms with Crippen LogP contribution in [0.25, 0.3) is 0 Å². The molecule has 0 spiro atoms. The van der Waals surface area contributed by atoms with Crippen molar-refractivity contribution in [3.63, 3.8) is 0 Å². The van der Waals surface area contributed by atoms with Crippen LogP contribution >= 0.6 is 0 Å². The van der Waals surface area contributed by atoms with Crippen LogP contribution in [0.1, 0.15) is 30.9 Å². The zero-order chi connectivity index (χ0) is 20.4. The summed E-state index contributed by atoms with van der Waals surface area (Å²) in [5.41, 5.74) is 1.82. The number of nitrogens with zero attached hydrogens (tertiary/aromatic N) is 2. The van der Waals surface area contributed by atoms with Gasteiger partial charge in [-0.15, -0.1) is 0 Å². The molecule has 1 saturated heterocycles. The first-order valence-corrected chi connectivity index (χ1v) is 10.2. The lowest BCUT2D eigenvalue weighted by atomic mass is 9.86. The molecule has 0 unspecified atom stereocenters. The van der Waals surface area contributed by atoms with Gasteiger partial charge in [0.05, 0.1) is 12.5 Å². The van der Waals surface area contributed by atoms with E-state index in [4.69, 9.17) is 4.74 Å². The third-order valence-corrected chi connectivity index (χ3v) is 5.43. The largest absolute Gasteiger partial charge is 0.457 e. The number of piperazine rings is 1. The first-order valence-electron chi connectivity index (χ1n) is 10.2. The summed E-state index contributed by atoms with van der Waals surface area (Å²) in [7, 11) is 0. The number of amides is 2. The van der Waals surface area contributed by atoms with Crippen LogP contribution in [-0.2, 0) is 9.59 Å². The highest BCUT2D eigenvalue weighted by atomic mass is 16.5. The smallest absolute Gasteiger partial charge is 0.234 e. The van der Waals surface area contributed by atoms with Gasteiger partial charge in [-0.2, -0.15) is 0 Å². The van der Waals surface area contributed by atoms with Gasteiger partial charge >= 0.3 is 0 Å². The molecule has 29 heavy (non-hydrogen) atoms. The van der Waals surface area contributed by atoms with Crippen molar-refractivity contribution in [3.8, 4) is 11.5 Å². The summed E-state index contributed by atoms with van der Waals surface area (Å²) in [6.07, 6.45) is 0. The normalized spacial score (nSPS) is 16.7. The zero-order valence-electron chi connectivity index (χ0n) is 16.9. The minimum absolute atomic E-state index is 0.0343. The molecule has 2 aliphatic heterocycles. The summed E-state index contributed by atoms with van der Waals surface area (Å²) in [6, 6.07) is 15.7. The van der Waals surface area contributed by atoms with E-state index in [2.05, 4.69) is 10.2 Å². The van der Waals surface area contributed by atoms with Gasteiger partial charge in [0.15, 0.2) is 0 Å². The fourth-order valence-corrected chi connectivity index (χ4v) is 4.06. The molecule has 6 heteroatoms. The van der Waals surface area contributed by atoms with E-state index in [-0.39, 0.29) is 23.8 Å². The van der Waals surface area contributed by atoms with Crippen LogP contribution in [0.4, 0.5) is 0 Å². The Morgan fingerprint density at radius 1 is 0.966 bits per heavy atom. The Morgan fingerprint density at radius 3 is 2.07 bits per heavy atom. The van der Waals surface area contributed by atoms with Crippen molar-refractivity contribution in [1.29, 1.82) is 0 Å². The Bertz CT molecular complexity index is 858. The predicted molar refractivity (Wildman–Crippen MR) is 111 cm³/mol. The van der Waals surface area contributed by atoms with Crippen molar-refractivity contribution < 1.29 is 14.3 Å². The maximum Gasteiger partial charge on any atom is 0.234 e. The molecule has 0 atom stereocenters. The lowest BCUT2D eigenvalue weighted by molar-refractivity contribution is -0.134. The van der Waals surface area contributed by atoms with Gasteiger partial charge in [-0.3, -0.25) is 14.5 Å². The number of rotatable bonds is 4. The third-order valence-electron chi connectivity index (χ3n) is 5.43. The summed E-state index contributed by atoms with van der Waals surface area (Å²) < 4.78 is 6.01. The van der Waals surface area contributed by atoms with Crippen molar-refractivity contribution in [1.82, 2.24) is 15.1 Å². The fraction of sp³-hybridized carbons (Fsp3) is 0.391. The minimum atomic E-state index is -0.355. The van der Waals surface area contributed by atoms with Gasteiger partial charge < -0.3 is 15.0 Å². The van der Waals surface area contributed by atoms with Gasteiger partial charge in [0.1, 0.15) is 11.5 Å². The molecule has 0 saturated carbocycles. The van der Waals surface area contributed by atoms with E-state index in [1.165, 1.54) is 0 Å². The molecule has 1 N–H and O–H groups in total. The predicted octanol–water partition coefficient (Wildman–Crippen LogP) is 2.59. The molecular weight excluding hydrogens is 366 g/mol. The number of benzene rings is 2. The summed E-state index contributed by atoms with van der Waals surface area (Å²) >= 11 is 0. The number of hydrogen-bond donors (Lipinski definition) is 1. The van der Waals surface area contributed by atoms with E-state index in [1.807, 2.05) is 67.3 Å². The maximum absolute atomic E-state index is 13.5. The van der Waals surface area contributed by atoms with Crippen LogP contribution < -0.4 is 10.1 Å². The highest BCUT2D eigenvalue weighted by molar-refractivity contribution is 5.90. The lowest BCUT2D eigenvalue weighted by Gasteiger charge is -2.37. The SMILES string of the molecule is CC(C)NC(=O)CN1CCN(C(=O)C2c3ccccc3Oc3ccccc32)CC1. The van der Waals surface area contributed by atoms with Crippen LogP contribution in [0.5, 0.6) is 11.5 Å². The van der Waals surface area contributed by atoms with Crippen molar-refractivity contribution in [2.24, 2.45) is 0 Å². The molecule has 0 aromatic heterocycles. The number of nitrogens with one attached hydrogen (secondary N) is 1. The van der Waals surface area contributed by atoms with Gasteiger partial charge in [-0.05, 0) is 26.0 Å². The summed E-state index contributed by atoms with van der Waals surface area (Å²) in [4.78, 5) is 29.6. The molecule has 2 heterocycles. The maximum atomic E-state index is 13.5. The van der Waals surface area contributed by atoms with Crippen LogP contribution in [-0.4, -0.2) is 60.4 Å². The van der Waals surface area contributed by atoms with Gasteiger partial charge in [-0.1, -0.05) is 36.4 Å². The summed E-state index contributed by atoms with van der Waals surface area (Å²) in [5, 5.41) is 2.92. The highest BCUT2D eigenvalue weighted by Crippen LogP contribution is 2.44. The third kappa shape index (κ3) is 4.12. The molecule has 4 rings (SSSR count). The fourth-order valence-electron chi connectivity index (χ4n) is 4.06. The highest BCUT2D eigenvalue weighted by Gasteiger charge is 2.36. The number of ether oxygens (including phenoxy) is 1. The van der Waals surface area contributed by atoms with Crippen LogP contribution in [0.15, 0.2) is 48.5 Å². The number of hydrogen-bond acceptors (Lipinski definition) is 4. The number of fused-ring (bicyclic) bond motifs is 2. The topological polar surface area (TPSA) is 61.9 Å². The zero-order valence-corrected chi connectivity index (χ0v) is 16.9. The van der Waals surface area contributed by atoms with Crippen molar-refractivity contribution in [3.05, 3.63) is 59.7 Å². The van der Waals surface area contributed by atoms with Gasteiger partial charge in [-0.25, -0.2) is 0 Å². The Morgan fingerprint density at radius 2 is 1.52 bits per heavy atom. The van der Waals surface area contributed by atoms with Crippen LogP contribution in [0.2, 0.25) is 0 Å². The molecule has 1 fully saturated rings. The first-order chi connectivity index (χ1) is 14.0. The molecular formula is C23H27N3O3. The average molecular weight is 393 g/mol. The summed E-state index contributed by atoms with van der Waals surface area (Å²) in [5.74, 6) is 1.26. The second-order valence-electron chi connectivity index (χ2n) is 7.93. The van der Waals surface area contributed by atoms with E-state index in [1.54, 1.807) is 0 Å². The van der Waals surface area contributed by atoms with Crippen LogP contribution in [0, 0.1) is 0 Å². The molecule has 0 aliphatic carbocycles. The summed E-state index contributed by atoms with van der Waals surface area (Å²) in [6.45, 7) is 6.93. The van der Waals surface area contributed by atoms with Gasteiger partial charge in [0.25, 0.3) is 0 Å². The number of para-hydroxylation sites is 2. The standard InChI is InChI=1S/C23H27N3O3/c1-16(2)24-21(27)15-25-11-13-26(14-12-25)23(28)22-17-7-3-5-9-19(17)29-20-10-6-4-8-18(20)22/h3-10,16,22H,11-15H2,1-2H3,(H,24,27). The molecule has 0 radical (unpaired) electrons. The molecule has 152 valence electrons. The minimum Gasteiger partial charge on any atom is -0.457 e. The van der Waals surface area contributed by atoms with Crippen molar-refractivity contribution in [2.75, 3.05) is 32.7 Å². The Kier molecular flexibility index (Phi) is 5.53. The second-order valence-corrected chi connectivity index (χ2v) is 7.93. The van der Waals surface area contributed by atoms with Gasteiger partial charge in [0.2, 0.25) is 11.8 Å². The monoisotopic (exact) mass is 393 g/mol. The van der Waals surface area contributed by atoms with Crippen LogP contribution in [0.3, 0.4) is 0 Å². The Hall–Kier alpha value is -2.86. The van der Waals surface area contributed by atoms with Crippen molar-refractivity contribution in [2.45, 2.75) is 25.8 Å². The Balaban J connectivity index is 1.48. The van der Waals surface area contributed by atoms with E-state index >= 15 is 0 Å². The molecule has 2 aromatic rings. The molecule has 6 nitrogen and oxygen atoms in total. The molecule has 0 bridgehead atoms. The lowest BCUT2D eigenvalue weighted by Crippen LogP contribution is -2.52. The Labute approximate surface area is 171 Å². The molecule has 2 amide bonds. The molecule has 2 aromatic carbocycles.